The lowest BCUT2D eigenvalue weighted by Gasteiger charge is -2.14. The molecule has 2 rings (SSSR count). The fourth-order valence-corrected chi connectivity index (χ4v) is 2.78. The minimum atomic E-state index is -3.54. The van der Waals surface area contributed by atoms with Crippen LogP contribution in [0.15, 0.2) is 48.7 Å². The lowest BCUT2D eigenvalue weighted by atomic mass is 10.1. The van der Waals surface area contributed by atoms with E-state index >= 15 is 0 Å². The summed E-state index contributed by atoms with van der Waals surface area (Å²) in [6, 6.07) is 11.9. The Hall–Kier alpha value is -2.45. The Morgan fingerprint density at radius 1 is 1.17 bits per heavy atom. The van der Waals surface area contributed by atoms with Crippen molar-refractivity contribution in [3.05, 3.63) is 65.5 Å². The van der Waals surface area contributed by atoms with Gasteiger partial charge in [0.25, 0.3) is 0 Å². The molecule has 2 aromatic rings. The van der Waals surface area contributed by atoms with Crippen molar-refractivity contribution in [1.82, 2.24) is 15.6 Å². The third-order valence-corrected chi connectivity index (χ3v) is 4.06. The van der Waals surface area contributed by atoms with Gasteiger partial charge in [-0.15, -0.1) is 0 Å². The number of rotatable bonds is 6. The molecule has 1 unspecified atom stereocenters. The predicted octanol–water partition coefficient (Wildman–Crippen LogP) is 1.43. The number of benzene rings is 1. The Bertz CT molecular complexity index is 777. The Morgan fingerprint density at radius 3 is 2.42 bits per heavy atom. The molecule has 128 valence electrons. The Kier molecular flexibility index (Phi) is 5.88. The molecule has 0 aliphatic rings. The van der Waals surface area contributed by atoms with Crippen LogP contribution in [0.2, 0.25) is 0 Å². The van der Waals surface area contributed by atoms with Gasteiger partial charge in [0, 0.05) is 12.7 Å². The van der Waals surface area contributed by atoms with Crippen molar-refractivity contribution in [3.63, 3.8) is 0 Å². The normalized spacial score (nSPS) is 12.4. The van der Waals surface area contributed by atoms with E-state index in [0.29, 0.717) is 12.1 Å². The van der Waals surface area contributed by atoms with Crippen LogP contribution in [0.5, 0.6) is 0 Å². The van der Waals surface area contributed by atoms with E-state index in [-0.39, 0.29) is 17.8 Å². The first-order chi connectivity index (χ1) is 11.3. The van der Waals surface area contributed by atoms with E-state index in [1.165, 1.54) is 0 Å². The summed E-state index contributed by atoms with van der Waals surface area (Å²) in [5, 5.41) is 10.5. The molecule has 0 aliphatic heterocycles. The van der Waals surface area contributed by atoms with Crippen molar-refractivity contribution in [2.45, 2.75) is 25.3 Å². The highest BCUT2D eigenvalue weighted by Gasteiger charge is 2.10. The van der Waals surface area contributed by atoms with Crippen molar-refractivity contribution in [2.24, 2.45) is 5.14 Å². The lowest BCUT2D eigenvalue weighted by molar-refractivity contribution is 0.237. The van der Waals surface area contributed by atoms with Crippen molar-refractivity contribution in [2.75, 3.05) is 0 Å². The zero-order chi connectivity index (χ0) is 17.6. The second kappa shape index (κ2) is 7.89. The van der Waals surface area contributed by atoms with Gasteiger partial charge in [-0.05, 0) is 30.2 Å². The summed E-state index contributed by atoms with van der Waals surface area (Å²) in [4.78, 5) is 16.1. The predicted molar refractivity (Wildman–Crippen MR) is 91.3 cm³/mol. The van der Waals surface area contributed by atoms with Gasteiger partial charge in [0.15, 0.2) is 0 Å². The van der Waals surface area contributed by atoms with Crippen LogP contribution in [0.4, 0.5) is 4.79 Å². The Morgan fingerprint density at radius 2 is 1.83 bits per heavy atom. The van der Waals surface area contributed by atoms with E-state index in [9.17, 15) is 13.2 Å². The van der Waals surface area contributed by atoms with Gasteiger partial charge in [-0.25, -0.2) is 18.4 Å². The van der Waals surface area contributed by atoms with Crippen LogP contribution in [0.3, 0.4) is 0 Å². The molecule has 1 atom stereocenters. The molecule has 0 aliphatic carbocycles. The minimum absolute atomic E-state index is 0.205. The second-order valence-corrected chi connectivity index (χ2v) is 7.04. The van der Waals surface area contributed by atoms with Crippen LogP contribution in [-0.4, -0.2) is 19.4 Å². The van der Waals surface area contributed by atoms with Gasteiger partial charge in [0.1, 0.15) is 0 Å². The number of sulfonamides is 1. The number of aromatic nitrogens is 1. The van der Waals surface area contributed by atoms with Gasteiger partial charge >= 0.3 is 6.03 Å². The molecule has 0 fully saturated rings. The third kappa shape index (κ3) is 5.98. The fraction of sp³-hybridized carbons (Fsp3) is 0.250. The lowest BCUT2D eigenvalue weighted by Crippen LogP contribution is -2.36. The maximum atomic E-state index is 11.9. The molecule has 1 heterocycles. The molecule has 0 saturated heterocycles. The van der Waals surface area contributed by atoms with Crippen LogP contribution in [-0.2, 0) is 22.3 Å². The number of primary sulfonamides is 1. The topological polar surface area (TPSA) is 114 Å². The van der Waals surface area contributed by atoms with Crippen molar-refractivity contribution >= 4 is 16.1 Å². The summed E-state index contributed by atoms with van der Waals surface area (Å²) >= 11 is 0. The number of urea groups is 1. The molecule has 7 nitrogen and oxygen atoms in total. The number of nitrogens with zero attached hydrogens (tertiary/aromatic N) is 1. The number of carbonyl (C=O) groups is 1. The average molecular weight is 348 g/mol. The molecule has 24 heavy (non-hydrogen) atoms. The summed E-state index contributed by atoms with van der Waals surface area (Å²) in [6.07, 6.45) is 1.68. The number of hydrogen-bond donors (Lipinski definition) is 3. The van der Waals surface area contributed by atoms with Crippen LogP contribution in [0.25, 0.3) is 0 Å². The van der Waals surface area contributed by atoms with Crippen LogP contribution >= 0.6 is 0 Å². The molecule has 0 bridgehead atoms. The number of pyridine rings is 1. The zero-order valence-electron chi connectivity index (χ0n) is 13.3. The average Bonchev–Trinajstić information content (AvgIpc) is 2.53. The highest BCUT2D eigenvalue weighted by Crippen LogP contribution is 2.08. The highest BCUT2D eigenvalue weighted by atomic mass is 32.2. The second-order valence-electron chi connectivity index (χ2n) is 5.43. The van der Waals surface area contributed by atoms with Crippen molar-refractivity contribution in [3.8, 4) is 0 Å². The van der Waals surface area contributed by atoms with Crippen molar-refractivity contribution < 1.29 is 13.2 Å². The smallest absolute Gasteiger partial charge is 0.315 e. The summed E-state index contributed by atoms with van der Waals surface area (Å²) in [5.41, 5.74) is 2.24. The van der Waals surface area contributed by atoms with Gasteiger partial charge in [-0.2, -0.15) is 0 Å². The Labute approximate surface area is 141 Å². The fourth-order valence-electron chi connectivity index (χ4n) is 2.12. The van der Waals surface area contributed by atoms with E-state index < -0.39 is 10.0 Å². The van der Waals surface area contributed by atoms with Crippen LogP contribution in [0.1, 0.15) is 29.8 Å². The number of carbonyl (C=O) groups excluding carboxylic acids is 1. The first kappa shape index (κ1) is 17.9. The first-order valence-corrected chi connectivity index (χ1v) is 9.08. The van der Waals surface area contributed by atoms with E-state index in [0.717, 1.165) is 11.3 Å². The van der Waals surface area contributed by atoms with Gasteiger partial charge in [0.05, 0.1) is 17.5 Å². The van der Waals surface area contributed by atoms with Gasteiger partial charge < -0.3 is 10.6 Å². The molecule has 1 aromatic carbocycles. The molecule has 1 aromatic heterocycles. The van der Waals surface area contributed by atoms with Crippen LogP contribution in [0, 0.1) is 0 Å². The van der Waals surface area contributed by atoms with Gasteiger partial charge in [-0.3, -0.25) is 4.98 Å². The van der Waals surface area contributed by atoms with Crippen LogP contribution < -0.4 is 15.8 Å². The molecule has 8 heteroatoms. The van der Waals surface area contributed by atoms with Gasteiger partial charge in [-0.1, -0.05) is 30.3 Å². The molecule has 0 spiro atoms. The number of nitrogens with two attached hydrogens (primary N) is 1. The SMILES string of the molecule is CC(NC(=O)NCc1ccc(CS(N)(=O)=O)cc1)c1ccccn1. The van der Waals surface area contributed by atoms with E-state index in [2.05, 4.69) is 15.6 Å². The molecule has 0 radical (unpaired) electrons. The zero-order valence-corrected chi connectivity index (χ0v) is 14.1. The minimum Gasteiger partial charge on any atom is -0.334 e. The molecular weight excluding hydrogens is 328 g/mol. The standard InChI is InChI=1S/C16H20N4O3S/c1-12(15-4-2-3-9-18-15)20-16(21)19-10-13-5-7-14(8-6-13)11-24(17,22)23/h2-9,12H,10-11H2,1H3,(H2,17,22,23)(H2,19,20,21). The number of hydrogen-bond acceptors (Lipinski definition) is 4. The van der Waals surface area contributed by atoms with Gasteiger partial charge in [0.2, 0.25) is 10.0 Å². The maximum Gasteiger partial charge on any atom is 0.315 e. The summed E-state index contributed by atoms with van der Waals surface area (Å²) in [7, 11) is -3.54. The summed E-state index contributed by atoms with van der Waals surface area (Å²) < 4.78 is 22.1. The monoisotopic (exact) mass is 348 g/mol. The van der Waals surface area contributed by atoms with Crippen molar-refractivity contribution in [1.29, 1.82) is 0 Å². The summed E-state index contributed by atoms with van der Waals surface area (Å²) in [6.45, 7) is 2.18. The summed E-state index contributed by atoms with van der Waals surface area (Å²) in [5.74, 6) is -0.206. The number of amides is 2. The number of nitrogens with one attached hydrogen (secondary N) is 2. The first-order valence-electron chi connectivity index (χ1n) is 7.37. The van der Waals surface area contributed by atoms with E-state index in [4.69, 9.17) is 5.14 Å². The van der Waals surface area contributed by atoms with E-state index in [1.54, 1.807) is 30.5 Å². The highest BCUT2D eigenvalue weighted by molar-refractivity contribution is 7.88. The molecule has 4 N–H and O–H groups in total. The Balaban J connectivity index is 1.83. The largest absolute Gasteiger partial charge is 0.334 e. The molecular formula is C16H20N4O3S. The molecule has 0 saturated carbocycles. The third-order valence-electron chi connectivity index (χ3n) is 3.32. The molecule has 2 amide bonds. The maximum absolute atomic E-state index is 11.9. The van der Waals surface area contributed by atoms with E-state index in [1.807, 2.05) is 25.1 Å². The quantitative estimate of drug-likeness (QED) is 0.732.